The molecule has 2 nitrogen and oxygen atoms in total. The number of hydrogen-bond donors (Lipinski definition) is 1. The quantitative estimate of drug-likeness (QED) is 0.907. The van der Waals surface area contributed by atoms with E-state index in [1.54, 1.807) is 0 Å². The molecular formula is C13H17BrN2. The summed E-state index contributed by atoms with van der Waals surface area (Å²) >= 11 is 3.52. The number of rotatable bonds is 3. The van der Waals surface area contributed by atoms with Gasteiger partial charge in [0, 0.05) is 33.7 Å². The van der Waals surface area contributed by atoms with Gasteiger partial charge in [-0.3, -0.25) is 0 Å². The van der Waals surface area contributed by atoms with Crippen molar-refractivity contribution < 1.29 is 0 Å². The minimum atomic E-state index is 0.488. The van der Waals surface area contributed by atoms with Crippen LogP contribution in [0.15, 0.2) is 28.7 Å². The van der Waals surface area contributed by atoms with E-state index < -0.39 is 0 Å². The Morgan fingerprint density at radius 1 is 1.31 bits per heavy atom. The third kappa shape index (κ3) is 2.02. The average Bonchev–Trinajstić information content (AvgIpc) is 2.55. The zero-order valence-corrected chi connectivity index (χ0v) is 11.5. The Morgan fingerprint density at radius 3 is 2.69 bits per heavy atom. The van der Waals surface area contributed by atoms with Gasteiger partial charge in [0.1, 0.15) is 0 Å². The van der Waals surface area contributed by atoms with Gasteiger partial charge in [-0.15, -0.1) is 0 Å². The number of nitrogens with one attached hydrogen (secondary N) is 1. The van der Waals surface area contributed by atoms with Crippen molar-refractivity contribution >= 4 is 26.8 Å². The molecule has 0 fully saturated rings. The Hall–Kier alpha value is -0.800. The fraction of sp³-hybridized carbons (Fsp3) is 0.385. The molecule has 86 valence electrons. The third-order valence-corrected chi connectivity index (χ3v) is 3.25. The second kappa shape index (κ2) is 4.60. The molecule has 0 spiro atoms. The van der Waals surface area contributed by atoms with Crippen LogP contribution in [0.4, 0.5) is 0 Å². The fourth-order valence-electron chi connectivity index (χ4n) is 2.19. The van der Waals surface area contributed by atoms with Crippen LogP contribution in [0.5, 0.6) is 0 Å². The molecule has 2 aromatic rings. The Morgan fingerprint density at radius 2 is 2.06 bits per heavy atom. The fourth-order valence-corrected chi connectivity index (χ4v) is 2.57. The summed E-state index contributed by atoms with van der Waals surface area (Å²) < 4.78 is 3.52. The molecule has 1 heterocycles. The standard InChI is InChI=1S/C13H17BrN2/c1-9(2)16-12(8-15-3)7-10-6-11(14)4-5-13(10)16/h4-7,9,15H,8H2,1-3H3. The highest BCUT2D eigenvalue weighted by molar-refractivity contribution is 9.10. The van der Waals surface area contributed by atoms with Crippen LogP contribution in [0, 0.1) is 0 Å². The van der Waals surface area contributed by atoms with Crippen molar-refractivity contribution in [1.82, 2.24) is 9.88 Å². The molecule has 0 saturated heterocycles. The van der Waals surface area contributed by atoms with Crippen LogP contribution >= 0.6 is 15.9 Å². The summed E-state index contributed by atoms with van der Waals surface area (Å²) in [5, 5.41) is 4.52. The minimum absolute atomic E-state index is 0.488. The molecule has 1 aromatic carbocycles. The molecule has 0 saturated carbocycles. The van der Waals surface area contributed by atoms with Gasteiger partial charge in [0.15, 0.2) is 0 Å². The van der Waals surface area contributed by atoms with Crippen LogP contribution in [-0.4, -0.2) is 11.6 Å². The maximum absolute atomic E-state index is 3.52. The second-order valence-electron chi connectivity index (χ2n) is 4.33. The molecule has 3 heteroatoms. The summed E-state index contributed by atoms with van der Waals surface area (Å²) in [7, 11) is 1.98. The largest absolute Gasteiger partial charge is 0.341 e. The monoisotopic (exact) mass is 280 g/mol. The number of nitrogens with zero attached hydrogens (tertiary/aromatic N) is 1. The molecule has 2 rings (SSSR count). The lowest BCUT2D eigenvalue weighted by atomic mass is 10.2. The van der Waals surface area contributed by atoms with Crippen LogP contribution in [0.1, 0.15) is 25.6 Å². The van der Waals surface area contributed by atoms with E-state index in [0.29, 0.717) is 6.04 Å². The van der Waals surface area contributed by atoms with E-state index in [0.717, 1.165) is 11.0 Å². The molecule has 0 aliphatic heterocycles. The van der Waals surface area contributed by atoms with Crippen molar-refractivity contribution in [3.05, 3.63) is 34.4 Å². The van der Waals surface area contributed by atoms with Crippen molar-refractivity contribution in [2.45, 2.75) is 26.4 Å². The highest BCUT2D eigenvalue weighted by Crippen LogP contribution is 2.26. The van der Waals surface area contributed by atoms with Crippen LogP contribution in [0.3, 0.4) is 0 Å². The van der Waals surface area contributed by atoms with Gasteiger partial charge in [-0.2, -0.15) is 0 Å². The van der Waals surface area contributed by atoms with Crippen molar-refractivity contribution in [3.8, 4) is 0 Å². The van der Waals surface area contributed by atoms with Gasteiger partial charge in [-0.25, -0.2) is 0 Å². The van der Waals surface area contributed by atoms with Crippen LogP contribution in [0.2, 0.25) is 0 Å². The molecule has 1 N–H and O–H groups in total. The van der Waals surface area contributed by atoms with Crippen molar-refractivity contribution in [3.63, 3.8) is 0 Å². The maximum atomic E-state index is 3.52. The smallest absolute Gasteiger partial charge is 0.0486 e. The summed E-state index contributed by atoms with van der Waals surface area (Å²) in [4.78, 5) is 0. The second-order valence-corrected chi connectivity index (χ2v) is 5.25. The molecule has 0 bridgehead atoms. The average molecular weight is 281 g/mol. The van der Waals surface area contributed by atoms with Gasteiger partial charge >= 0.3 is 0 Å². The number of halogens is 1. The Bertz CT molecular complexity index is 500. The van der Waals surface area contributed by atoms with E-state index in [4.69, 9.17) is 0 Å². The first-order valence-electron chi connectivity index (χ1n) is 5.57. The summed E-state index contributed by atoms with van der Waals surface area (Å²) in [6, 6.07) is 9.20. The van der Waals surface area contributed by atoms with E-state index in [-0.39, 0.29) is 0 Å². The molecule has 0 unspecified atom stereocenters. The molecule has 0 atom stereocenters. The van der Waals surface area contributed by atoms with Crippen molar-refractivity contribution in [1.29, 1.82) is 0 Å². The highest BCUT2D eigenvalue weighted by atomic mass is 79.9. The topological polar surface area (TPSA) is 17.0 Å². The number of fused-ring (bicyclic) bond motifs is 1. The number of hydrogen-bond acceptors (Lipinski definition) is 1. The molecule has 16 heavy (non-hydrogen) atoms. The Labute approximate surface area is 105 Å². The predicted octanol–water partition coefficient (Wildman–Crippen LogP) is 3.70. The van der Waals surface area contributed by atoms with E-state index >= 15 is 0 Å². The van der Waals surface area contributed by atoms with E-state index in [1.165, 1.54) is 16.6 Å². The highest BCUT2D eigenvalue weighted by Gasteiger charge is 2.10. The van der Waals surface area contributed by atoms with E-state index in [9.17, 15) is 0 Å². The van der Waals surface area contributed by atoms with Gasteiger partial charge in [0.25, 0.3) is 0 Å². The van der Waals surface area contributed by atoms with Gasteiger partial charge in [-0.05, 0) is 45.2 Å². The van der Waals surface area contributed by atoms with Gasteiger partial charge in [-0.1, -0.05) is 15.9 Å². The van der Waals surface area contributed by atoms with Crippen molar-refractivity contribution in [2.75, 3.05) is 7.05 Å². The maximum Gasteiger partial charge on any atom is 0.0486 e. The van der Waals surface area contributed by atoms with Crippen LogP contribution in [-0.2, 0) is 6.54 Å². The predicted molar refractivity (Wildman–Crippen MR) is 72.8 cm³/mol. The van der Waals surface area contributed by atoms with Gasteiger partial charge < -0.3 is 9.88 Å². The molecule has 0 aliphatic rings. The van der Waals surface area contributed by atoms with Crippen molar-refractivity contribution in [2.24, 2.45) is 0 Å². The lowest BCUT2D eigenvalue weighted by molar-refractivity contribution is 0.581. The summed E-state index contributed by atoms with van der Waals surface area (Å²) in [5.74, 6) is 0. The normalized spacial score (nSPS) is 11.6. The lowest BCUT2D eigenvalue weighted by Gasteiger charge is -2.14. The van der Waals surface area contributed by atoms with Crippen LogP contribution < -0.4 is 5.32 Å². The zero-order chi connectivity index (χ0) is 11.7. The molecule has 1 aromatic heterocycles. The summed E-state index contributed by atoms with van der Waals surface area (Å²) in [5.41, 5.74) is 2.65. The first kappa shape index (κ1) is 11.7. The minimum Gasteiger partial charge on any atom is -0.341 e. The van der Waals surface area contributed by atoms with Crippen LogP contribution in [0.25, 0.3) is 10.9 Å². The first-order chi connectivity index (χ1) is 7.63. The lowest BCUT2D eigenvalue weighted by Crippen LogP contribution is -2.12. The van der Waals surface area contributed by atoms with E-state index in [1.807, 2.05) is 7.05 Å². The zero-order valence-electron chi connectivity index (χ0n) is 9.92. The van der Waals surface area contributed by atoms with E-state index in [2.05, 4.69) is 63.9 Å². The molecular weight excluding hydrogens is 264 g/mol. The number of aromatic nitrogens is 1. The molecule has 0 amide bonds. The van der Waals surface area contributed by atoms with Gasteiger partial charge in [0.2, 0.25) is 0 Å². The Kier molecular flexibility index (Phi) is 3.36. The number of benzene rings is 1. The Balaban J connectivity index is 2.65. The third-order valence-electron chi connectivity index (χ3n) is 2.75. The van der Waals surface area contributed by atoms with Gasteiger partial charge in [0.05, 0.1) is 0 Å². The summed E-state index contributed by atoms with van der Waals surface area (Å²) in [6.07, 6.45) is 0. The SMILES string of the molecule is CNCc1cc2cc(Br)ccc2n1C(C)C. The molecule has 0 radical (unpaired) electrons. The first-order valence-corrected chi connectivity index (χ1v) is 6.36. The summed E-state index contributed by atoms with van der Waals surface area (Å²) in [6.45, 7) is 5.35. The molecule has 0 aliphatic carbocycles.